The molecule has 6 rings (SSSR count). The van der Waals surface area contributed by atoms with E-state index in [0.717, 1.165) is 19.8 Å². The summed E-state index contributed by atoms with van der Waals surface area (Å²) < 4.78 is 44.7. The van der Waals surface area contributed by atoms with Crippen LogP contribution in [0.3, 0.4) is 0 Å². The van der Waals surface area contributed by atoms with Gasteiger partial charge in [-0.1, -0.05) is 0 Å². The molecule has 5 heterocycles. The number of nitrogens with one attached hydrogen (secondary N) is 2. The standard InChI is InChI=1S/C25H24F3N7O3/c1-13(25(26,27)28)31-22(36)17-4-5-18-21(32-17)35(16-7-9-34(18)12-16)24(37)33-20-10-15(6-8-29-20)19-11-30-23(38-19)14-2-3-14/h4-6,8,10-11,13-14,16H,2-3,7,9,12H2,1H3,(H,31,36)(H,29,33,37)/t13-,16+/m1/s1. The van der Waals surface area contributed by atoms with Crippen molar-refractivity contribution in [1.29, 1.82) is 0 Å². The Labute approximate surface area is 215 Å². The number of urea groups is 1. The van der Waals surface area contributed by atoms with Crippen molar-refractivity contribution in [3.05, 3.63) is 48.2 Å². The monoisotopic (exact) mass is 527 g/mol. The number of nitrogens with zero attached hydrogens (tertiary/aromatic N) is 5. The molecule has 13 heteroatoms. The first kappa shape index (κ1) is 24.2. The van der Waals surface area contributed by atoms with Gasteiger partial charge in [-0.15, -0.1) is 0 Å². The third-order valence-corrected chi connectivity index (χ3v) is 6.97. The molecule has 3 aromatic rings. The van der Waals surface area contributed by atoms with Crippen LogP contribution in [0.25, 0.3) is 11.3 Å². The molecule has 2 atom stereocenters. The molecule has 2 N–H and O–H groups in total. The van der Waals surface area contributed by atoms with E-state index < -0.39 is 24.2 Å². The Morgan fingerprint density at radius 2 is 1.97 bits per heavy atom. The van der Waals surface area contributed by atoms with Gasteiger partial charge in [0.1, 0.15) is 17.6 Å². The number of hydrogen-bond donors (Lipinski definition) is 2. The Bertz CT molecular complexity index is 1400. The van der Waals surface area contributed by atoms with Crippen molar-refractivity contribution in [2.75, 3.05) is 28.2 Å². The van der Waals surface area contributed by atoms with Crippen LogP contribution in [0.4, 0.5) is 35.3 Å². The van der Waals surface area contributed by atoms with E-state index in [1.165, 1.54) is 11.0 Å². The third kappa shape index (κ3) is 4.52. The van der Waals surface area contributed by atoms with Crippen LogP contribution in [-0.2, 0) is 0 Å². The average Bonchev–Trinajstić information content (AvgIpc) is 3.46. The molecule has 2 aliphatic heterocycles. The summed E-state index contributed by atoms with van der Waals surface area (Å²) in [6.07, 6.45) is 1.41. The van der Waals surface area contributed by atoms with E-state index in [4.69, 9.17) is 4.42 Å². The largest absolute Gasteiger partial charge is 0.440 e. The fourth-order valence-corrected chi connectivity index (χ4v) is 4.71. The number of aromatic nitrogens is 3. The maximum Gasteiger partial charge on any atom is 0.408 e. The minimum atomic E-state index is -4.59. The summed E-state index contributed by atoms with van der Waals surface area (Å²) in [5.41, 5.74) is 1.12. The lowest BCUT2D eigenvalue weighted by Crippen LogP contribution is -2.49. The number of pyridine rings is 2. The molecule has 2 fully saturated rings. The lowest BCUT2D eigenvalue weighted by atomic mass is 10.1. The summed E-state index contributed by atoms with van der Waals surface area (Å²) >= 11 is 0. The zero-order chi connectivity index (χ0) is 26.6. The molecule has 1 saturated carbocycles. The Kier molecular flexibility index (Phi) is 5.73. The van der Waals surface area contributed by atoms with Crippen LogP contribution in [0, 0.1) is 0 Å². The van der Waals surface area contributed by atoms with Crippen LogP contribution in [-0.4, -0.2) is 58.2 Å². The summed E-state index contributed by atoms with van der Waals surface area (Å²) in [6.45, 7) is 2.12. The van der Waals surface area contributed by atoms with Crippen molar-refractivity contribution in [3.63, 3.8) is 0 Å². The van der Waals surface area contributed by atoms with E-state index in [2.05, 4.69) is 20.3 Å². The van der Waals surface area contributed by atoms with Crippen molar-refractivity contribution in [2.24, 2.45) is 0 Å². The Morgan fingerprint density at radius 1 is 1.16 bits per heavy atom. The summed E-state index contributed by atoms with van der Waals surface area (Å²) in [5.74, 6) is 1.17. The molecule has 2 bridgehead atoms. The summed E-state index contributed by atoms with van der Waals surface area (Å²) in [7, 11) is 0. The molecule has 3 amide bonds. The molecule has 198 valence electrons. The normalized spacial score (nSPS) is 19.2. The molecule has 3 aliphatic rings. The maximum absolute atomic E-state index is 13.5. The summed E-state index contributed by atoms with van der Waals surface area (Å²) in [4.78, 5) is 42.4. The van der Waals surface area contributed by atoms with Crippen molar-refractivity contribution in [3.8, 4) is 11.3 Å². The fraction of sp³-hybridized carbons (Fsp3) is 0.400. The first-order chi connectivity index (χ1) is 18.2. The zero-order valence-corrected chi connectivity index (χ0v) is 20.3. The van der Waals surface area contributed by atoms with Gasteiger partial charge >= 0.3 is 12.2 Å². The Morgan fingerprint density at radius 3 is 2.74 bits per heavy atom. The highest BCUT2D eigenvalue weighted by atomic mass is 19.4. The van der Waals surface area contributed by atoms with Crippen molar-refractivity contribution >= 4 is 29.3 Å². The second-order valence-corrected chi connectivity index (χ2v) is 9.73. The quantitative estimate of drug-likeness (QED) is 0.508. The molecular formula is C25H24F3N7O3. The number of oxazole rings is 1. The second kappa shape index (κ2) is 8.99. The average molecular weight is 528 g/mol. The first-order valence-corrected chi connectivity index (χ1v) is 12.3. The lowest BCUT2D eigenvalue weighted by Gasteiger charge is -2.35. The maximum atomic E-state index is 13.5. The van der Waals surface area contributed by atoms with Gasteiger partial charge in [0.15, 0.2) is 17.5 Å². The third-order valence-electron chi connectivity index (χ3n) is 6.97. The molecule has 1 aliphatic carbocycles. The molecule has 0 unspecified atom stereocenters. The van der Waals surface area contributed by atoms with Gasteiger partial charge in [-0.25, -0.2) is 19.7 Å². The minimum Gasteiger partial charge on any atom is -0.440 e. The highest BCUT2D eigenvalue weighted by Crippen LogP contribution is 2.41. The van der Waals surface area contributed by atoms with E-state index in [1.54, 1.807) is 30.6 Å². The van der Waals surface area contributed by atoms with Crippen LogP contribution in [0.2, 0.25) is 0 Å². The van der Waals surface area contributed by atoms with Gasteiger partial charge in [-0.2, -0.15) is 13.2 Å². The van der Waals surface area contributed by atoms with Gasteiger partial charge in [0.05, 0.1) is 17.9 Å². The number of carbonyl (C=O) groups is 2. The number of anilines is 3. The lowest BCUT2D eigenvalue weighted by molar-refractivity contribution is -0.149. The molecular weight excluding hydrogens is 503 g/mol. The van der Waals surface area contributed by atoms with E-state index in [1.807, 2.05) is 10.2 Å². The highest BCUT2D eigenvalue weighted by molar-refractivity contribution is 6.05. The summed E-state index contributed by atoms with van der Waals surface area (Å²) in [5, 5.41) is 4.71. The Balaban J connectivity index is 1.25. The highest BCUT2D eigenvalue weighted by Gasteiger charge is 2.41. The van der Waals surface area contributed by atoms with E-state index in [9.17, 15) is 22.8 Å². The minimum absolute atomic E-state index is 0.211. The van der Waals surface area contributed by atoms with Crippen LogP contribution < -0.4 is 20.4 Å². The predicted octanol–water partition coefficient (Wildman–Crippen LogP) is 4.32. The first-order valence-electron chi connectivity index (χ1n) is 12.3. The zero-order valence-electron chi connectivity index (χ0n) is 20.3. The SMILES string of the molecule is C[C@@H](NC(=O)c1ccc2c(n1)N(C(=O)Nc1cc(-c3cnc(C4CC4)o3)ccn1)[C@H]1CCN2C1)C(F)(F)F. The number of amides is 3. The second-order valence-electron chi connectivity index (χ2n) is 9.73. The van der Waals surface area contributed by atoms with Crippen LogP contribution >= 0.6 is 0 Å². The molecule has 0 aromatic carbocycles. The van der Waals surface area contributed by atoms with Crippen molar-refractivity contribution < 1.29 is 27.2 Å². The fourth-order valence-electron chi connectivity index (χ4n) is 4.71. The molecule has 3 aromatic heterocycles. The van der Waals surface area contributed by atoms with Gasteiger partial charge < -0.3 is 14.6 Å². The van der Waals surface area contributed by atoms with E-state index >= 15 is 0 Å². The van der Waals surface area contributed by atoms with Gasteiger partial charge in [0, 0.05) is 30.8 Å². The van der Waals surface area contributed by atoms with Crippen molar-refractivity contribution in [2.45, 2.75) is 50.4 Å². The van der Waals surface area contributed by atoms with Crippen LogP contribution in [0.15, 0.2) is 41.1 Å². The van der Waals surface area contributed by atoms with Gasteiger partial charge in [-0.05, 0) is 50.5 Å². The number of hydrogen-bond acceptors (Lipinski definition) is 7. The number of halogens is 3. The topological polar surface area (TPSA) is 116 Å². The van der Waals surface area contributed by atoms with Gasteiger partial charge in [0.2, 0.25) is 0 Å². The van der Waals surface area contributed by atoms with Crippen LogP contribution in [0.1, 0.15) is 48.5 Å². The smallest absolute Gasteiger partial charge is 0.408 e. The molecule has 0 radical (unpaired) electrons. The number of fused-ring (bicyclic) bond motifs is 4. The molecule has 10 nitrogen and oxygen atoms in total. The summed E-state index contributed by atoms with van der Waals surface area (Å²) in [6, 6.07) is 3.63. The van der Waals surface area contributed by atoms with Crippen LogP contribution in [0.5, 0.6) is 0 Å². The molecule has 1 saturated heterocycles. The van der Waals surface area contributed by atoms with Gasteiger partial charge in [0.25, 0.3) is 5.91 Å². The van der Waals surface area contributed by atoms with Gasteiger partial charge in [-0.3, -0.25) is 15.0 Å². The number of carbonyl (C=O) groups excluding carboxylic acids is 2. The Hall–Kier alpha value is -4.16. The number of rotatable bonds is 5. The van der Waals surface area contributed by atoms with E-state index in [-0.39, 0.29) is 23.4 Å². The molecule has 0 spiro atoms. The molecule has 38 heavy (non-hydrogen) atoms. The van der Waals surface area contributed by atoms with Crippen molar-refractivity contribution in [1.82, 2.24) is 20.3 Å². The van der Waals surface area contributed by atoms with E-state index in [0.29, 0.717) is 48.3 Å². The number of alkyl halides is 3. The predicted molar refractivity (Wildman–Crippen MR) is 131 cm³/mol.